The van der Waals surface area contributed by atoms with Crippen LogP contribution in [-0.4, -0.2) is 11.1 Å². The Kier molecular flexibility index (Phi) is 8.53. The number of rotatable bonds is 1. The van der Waals surface area contributed by atoms with E-state index in [0.29, 0.717) is 0 Å². The molecule has 10 aromatic rings. The zero-order valence-corrected chi connectivity index (χ0v) is 46.8. The van der Waals surface area contributed by atoms with Gasteiger partial charge in [-0.05, 0) is 134 Å². The summed E-state index contributed by atoms with van der Waals surface area (Å²) in [5.41, 5.74) is 22.2. The predicted octanol–water partition coefficient (Wildman–Crippen LogP) is 17.5. The van der Waals surface area contributed by atoms with Gasteiger partial charge in [-0.15, -0.1) is 11.3 Å². The van der Waals surface area contributed by atoms with Crippen LogP contribution >= 0.6 is 11.3 Å². The number of para-hydroxylation sites is 2. The van der Waals surface area contributed by atoms with Gasteiger partial charge in [0.25, 0.3) is 6.71 Å². The van der Waals surface area contributed by atoms with Gasteiger partial charge in [0.2, 0.25) is 0 Å². The summed E-state index contributed by atoms with van der Waals surface area (Å²) in [5.74, 6) is 2.14. The Balaban J connectivity index is 1.21. The fourth-order valence-corrected chi connectivity index (χ4v) is 16.3. The van der Waals surface area contributed by atoms with Crippen molar-refractivity contribution >= 4 is 116 Å². The highest BCUT2D eigenvalue weighted by atomic mass is 32.1. The molecule has 7 aromatic carbocycles. The van der Waals surface area contributed by atoms with Crippen LogP contribution in [0.3, 0.4) is 0 Å². The lowest BCUT2D eigenvalue weighted by Crippen LogP contribution is -2.61. The third-order valence-corrected chi connectivity index (χ3v) is 20.5. The first-order chi connectivity index (χ1) is 35.0. The van der Waals surface area contributed by atoms with Crippen LogP contribution in [0.4, 0.5) is 34.1 Å². The van der Waals surface area contributed by atoms with Crippen molar-refractivity contribution in [3.05, 3.63) is 143 Å². The molecule has 0 atom stereocenters. The van der Waals surface area contributed by atoms with Crippen LogP contribution in [0.2, 0.25) is 0 Å². The maximum Gasteiger partial charge on any atom is 0.264 e. The number of anilines is 6. The number of aromatic nitrogens is 1. The van der Waals surface area contributed by atoms with Crippen LogP contribution < -0.4 is 30.2 Å². The topological polar surface area (TPSA) is 20.1 Å². The summed E-state index contributed by atoms with van der Waals surface area (Å²) in [6.45, 7) is 33.9. The first-order valence-corrected chi connectivity index (χ1v) is 28.4. The summed E-state index contributed by atoms with van der Waals surface area (Å²) in [7, 11) is 0. The van der Waals surface area contributed by atoms with E-state index >= 15 is 0 Å². The second-order valence-electron chi connectivity index (χ2n) is 27.8. The van der Waals surface area contributed by atoms with Crippen molar-refractivity contribution in [3.8, 4) is 11.5 Å². The molecule has 6 heteroatoms. The van der Waals surface area contributed by atoms with Gasteiger partial charge in [-0.3, -0.25) is 0 Å². The van der Waals surface area contributed by atoms with Crippen molar-refractivity contribution in [3.63, 3.8) is 0 Å². The van der Waals surface area contributed by atoms with Gasteiger partial charge in [0, 0.05) is 53.2 Å². The van der Waals surface area contributed by atoms with Crippen molar-refractivity contribution in [2.45, 2.75) is 155 Å². The van der Waals surface area contributed by atoms with Crippen LogP contribution in [0.15, 0.2) is 109 Å². The molecular formula is C68H68BN3OS. The van der Waals surface area contributed by atoms with Gasteiger partial charge in [-0.2, -0.15) is 0 Å². The average Bonchev–Trinajstić information content (AvgIpc) is 4.11. The van der Waals surface area contributed by atoms with Gasteiger partial charge >= 0.3 is 0 Å². The average molecular weight is 986 g/mol. The van der Waals surface area contributed by atoms with Crippen LogP contribution in [0.1, 0.15) is 156 Å². The van der Waals surface area contributed by atoms with Gasteiger partial charge < -0.3 is 18.9 Å². The molecule has 3 aromatic heterocycles. The van der Waals surface area contributed by atoms with E-state index in [1.54, 1.807) is 0 Å². The maximum absolute atomic E-state index is 8.10. The van der Waals surface area contributed by atoms with E-state index in [2.05, 4.69) is 220 Å². The Bertz CT molecular complexity index is 4150. The molecule has 0 N–H and O–H groups in total. The lowest BCUT2D eigenvalue weighted by Gasteiger charge is -2.51. The minimum Gasteiger partial charge on any atom is -0.452 e. The molecule has 0 saturated carbocycles. The number of hydrogen-bond donors (Lipinski definition) is 0. The summed E-state index contributed by atoms with van der Waals surface area (Å²) in [6, 6.07) is 43.2. The van der Waals surface area contributed by atoms with E-state index in [9.17, 15) is 0 Å². The molecule has 0 unspecified atom stereocenters. The Hall–Kier alpha value is -6.24. The first kappa shape index (κ1) is 45.2. The quantitative estimate of drug-likeness (QED) is 0.153. The Morgan fingerprint density at radius 2 is 1.07 bits per heavy atom. The smallest absolute Gasteiger partial charge is 0.264 e. The minimum atomic E-state index is -0.109. The number of hydrogen-bond acceptors (Lipinski definition) is 4. The Morgan fingerprint density at radius 1 is 0.514 bits per heavy atom. The Labute approximate surface area is 441 Å². The van der Waals surface area contributed by atoms with Crippen LogP contribution in [0, 0.1) is 0 Å². The highest BCUT2D eigenvalue weighted by Crippen LogP contribution is 2.65. The molecule has 6 heterocycles. The molecule has 0 saturated heterocycles. The molecule has 15 rings (SSSR count). The molecule has 370 valence electrons. The third kappa shape index (κ3) is 5.61. The number of nitrogens with zero attached hydrogens (tertiary/aromatic N) is 3. The lowest BCUT2D eigenvalue weighted by atomic mass is 9.35. The van der Waals surface area contributed by atoms with Gasteiger partial charge in [0.05, 0.1) is 45.0 Å². The Morgan fingerprint density at radius 3 is 1.69 bits per heavy atom. The van der Waals surface area contributed by atoms with Gasteiger partial charge in [-0.1, -0.05) is 164 Å². The van der Waals surface area contributed by atoms with Crippen molar-refractivity contribution in [1.29, 1.82) is 0 Å². The zero-order chi connectivity index (χ0) is 51.3. The van der Waals surface area contributed by atoms with E-state index in [4.69, 9.17) is 4.74 Å². The van der Waals surface area contributed by atoms with Crippen LogP contribution in [0.25, 0.3) is 48.2 Å². The third-order valence-electron chi connectivity index (χ3n) is 19.2. The molecule has 0 spiro atoms. The molecule has 2 aliphatic carbocycles. The number of ether oxygens (including phenoxy) is 1. The standard InChI is InChI=1S/C68H68BN3OS/c1-63(2,3)37-23-26-39(27-24-37)70-55-42-35-38(64(4,5)6)25-30-49(42)74-62(55)69-45-36-44-53(68(13,14)34-32-66(44,9)10)61-56(45)72(48-29-28-43-52(60(48)73-61)67(11,12)33-31-65(43,7)8)59-51-41-20-16-18-22-47(41)71-46-21-17-15-19-40(46)50(57(51)71)58(70)54(59)69/h15-30,35-36H,31-34H2,1-14H3. The second-order valence-corrected chi connectivity index (χ2v) is 28.9. The number of benzene rings is 7. The summed E-state index contributed by atoms with van der Waals surface area (Å²) < 4.78 is 13.5. The van der Waals surface area contributed by atoms with Crippen molar-refractivity contribution < 1.29 is 4.74 Å². The van der Waals surface area contributed by atoms with Crippen molar-refractivity contribution in [1.82, 2.24) is 4.40 Å². The number of thiophene rings is 1. The van der Waals surface area contributed by atoms with Crippen molar-refractivity contribution in [2.75, 3.05) is 9.80 Å². The van der Waals surface area contributed by atoms with Crippen LogP contribution in [-0.2, 0) is 32.5 Å². The van der Waals surface area contributed by atoms with Gasteiger partial charge in [0.1, 0.15) is 0 Å². The fraction of sp³-hybridized carbons (Fsp3) is 0.353. The number of fused-ring (bicyclic) bond motifs is 20. The molecule has 0 fully saturated rings. The molecule has 4 nitrogen and oxygen atoms in total. The molecule has 0 amide bonds. The molecule has 5 aliphatic rings. The predicted molar refractivity (Wildman–Crippen MR) is 319 cm³/mol. The molecule has 0 bridgehead atoms. The van der Waals surface area contributed by atoms with E-state index in [0.717, 1.165) is 42.9 Å². The maximum atomic E-state index is 8.10. The van der Waals surface area contributed by atoms with Crippen molar-refractivity contribution in [2.24, 2.45) is 0 Å². The van der Waals surface area contributed by atoms with Gasteiger partial charge in [0.15, 0.2) is 11.5 Å². The summed E-state index contributed by atoms with van der Waals surface area (Å²) in [4.78, 5) is 5.53. The second kappa shape index (κ2) is 14.0. The summed E-state index contributed by atoms with van der Waals surface area (Å²) in [5, 5.41) is 6.58. The highest BCUT2D eigenvalue weighted by Gasteiger charge is 2.54. The zero-order valence-electron chi connectivity index (χ0n) is 46.0. The van der Waals surface area contributed by atoms with Crippen LogP contribution in [0.5, 0.6) is 11.5 Å². The first-order valence-electron chi connectivity index (χ1n) is 27.6. The molecule has 0 radical (unpaired) electrons. The fourth-order valence-electron chi connectivity index (χ4n) is 15.0. The van der Waals surface area contributed by atoms with E-state index in [1.165, 1.54) is 126 Å². The largest absolute Gasteiger partial charge is 0.452 e. The SMILES string of the molecule is CC(C)(C)c1ccc(N2c3c(sc4ccc(C(C)(C)C)cc34)B3c4cc5c(c6c4N(c4ccc7c(c4O6)C(C)(C)CCC7(C)C)c4c3c2c2c3ccccc3n3c6ccccc6c4c23)C(C)(C)CCC5(C)C)cc1. The molecule has 3 aliphatic heterocycles. The summed E-state index contributed by atoms with van der Waals surface area (Å²) >= 11 is 2.02. The minimum absolute atomic E-state index is 0.00893. The summed E-state index contributed by atoms with van der Waals surface area (Å²) in [6.07, 6.45) is 4.47. The normalized spacial score (nSPS) is 18.6. The van der Waals surface area contributed by atoms with E-state index < -0.39 is 0 Å². The van der Waals surface area contributed by atoms with E-state index in [1.807, 2.05) is 11.3 Å². The molecule has 74 heavy (non-hydrogen) atoms. The van der Waals surface area contributed by atoms with Gasteiger partial charge in [-0.25, -0.2) is 0 Å². The van der Waals surface area contributed by atoms with E-state index in [-0.39, 0.29) is 39.2 Å². The highest BCUT2D eigenvalue weighted by molar-refractivity contribution is 7.33. The lowest BCUT2D eigenvalue weighted by molar-refractivity contribution is 0.307. The molecular weight excluding hydrogens is 918 g/mol. The monoisotopic (exact) mass is 986 g/mol.